The zero-order chi connectivity index (χ0) is 20.9. The quantitative estimate of drug-likeness (QED) is 0.701. The molecule has 4 heteroatoms. The molecular weight excluding hydrogens is 368 g/mol. The molecule has 0 saturated carbocycles. The van der Waals surface area contributed by atoms with Gasteiger partial charge >= 0.3 is 0 Å². The third kappa shape index (κ3) is 8.00. The van der Waals surface area contributed by atoms with Crippen molar-refractivity contribution in [3.05, 3.63) is 65.0 Å². The number of pyridine rings is 1. The lowest BCUT2D eigenvalue weighted by molar-refractivity contribution is 0.482. The van der Waals surface area contributed by atoms with Gasteiger partial charge in [-0.1, -0.05) is 24.6 Å². The highest BCUT2D eigenvalue weighted by Crippen LogP contribution is 2.29. The van der Waals surface area contributed by atoms with Crippen molar-refractivity contribution in [3.63, 3.8) is 0 Å². The van der Waals surface area contributed by atoms with Crippen LogP contribution in [-0.2, 0) is 6.54 Å². The molecule has 1 aliphatic heterocycles. The van der Waals surface area contributed by atoms with E-state index < -0.39 is 0 Å². The van der Waals surface area contributed by atoms with Crippen molar-refractivity contribution >= 4 is 6.21 Å². The van der Waals surface area contributed by atoms with Gasteiger partial charge in [0.1, 0.15) is 0 Å². The number of hydrogen-bond acceptors (Lipinski definition) is 4. The summed E-state index contributed by atoms with van der Waals surface area (Å²) in [5.41, 5.74) is 5.11. The summed E-state index contributed by atoms with van der Waals surface area (Å²) in [6.07, 6.45) is 12.7. The van der Waals surface area contributed by atoms with Crippen LogP contribution in [0, 0.1) is 6.92 Å². The summed E-state index contributed by atoms with van der Waals surface area (Å²) >= 11 is 0. The van der Waals surface area contributed by atoms with Crippen molar-refractivity contribution in [2.45, 2.75) is 64.3 Å². The molecule has 0 amide bonds. The highest BCUT2D eigenvalue weighted by atomic mass is 14.9. The average Bonchev–Trinajstić information content (AvgIpc) is 2.77. The molecule has 1 aromatic carbocycles. The van der Waals surface area contributed by atoms with Gasteiger partial charge in [-0.05, 0) is 112 Å². The zero-order valence-corrected chi connectivity index (χ0v) is 18.6. The minimum atomic E-state index is 0.626. The highest BCUT2D eigenvalue weighted by Gasteiger charge is 2.14. The number of nitrogens with zero attached hydrogens (tertiary/aromatic N) is 2. The van der Waals surface area contributed by atoms with E-state index in [1.807, 2.05) is 30.6 Å². The first-order valence-corrected chi connectivity index (χ1v) is 11.7. The van der Waals surface area contributed by atoms with Crippen molar-refractivity contribution in [1.82, 2.24) is 15.6 Å². The van der Waals surface area contributed by atoms with Crippen LogP contribution in [0.1, 0.15) is 73.2 Å². The minimum Gasteiger partial charge on any atom is -0.317 e. The Labute approximate surface area is 182 Å². The molecule has 2 heterocycles. The maximum absolute atomic E-state index is 4.62. The number of nitrogens with one attached hydrogen (secondary N) is 2. The van der Waals surface area contributed by atoms with E-state index >= 15 is 0 Å². The minimum absolute atomic E-state index is 0.626. The second kappa shape index (κ2) is 13.3. The Hall–Kier alpha value is -2.04. The molecular formula is C26H38N4. The lowest BCUT2D eigenvalue weighted by Gasteiger charge is -2.21. The summed E-state index contributed by atoms with van der Waals surface area (Å²) in [7, 11) is 0. The van der Waals surface area contributed by atoms with E-state index in [9.17, 15) is 0 Å². The topological polar surface area (TPSA) is 49.3 Å². The number of aliphatic imine (C=N–C) groups is 1. The molecule has 1 aliphatic rings. The Morgan fingerprint density at radius 3 is 2.37 bits per heavy atom. The van der Waals surface area contributed by atoms with Crippen LogP contribution in [0.5, 0.6) is 0 Å². The van der Waals surface area contributed by atoms with E-state index in [-0.39, 0.29) is 0 Å². The van der Waals surface area contributed by atoms with E-state index in [1.54, 1.807) is 0 Å². The molecule has 0 aliphatic carbocycles. The van der Waals surface area contributed by atoms with E-state index in [2.05, 4.69) is 45.7 Å². The molecule has 3 rings (SSSR count). The highest BCUT2D eigenvalue weighted by molar-refractivity contribution is 5.80. The molecule has 0 unspecified atom stereocenters. The van der Waals surface area contributed by atoms with Crippen LogP contribution in [0.25, 0.3) is 0 Å². The van der Waals surface area contributed by atoms with Gasteiger partial charge in [-0.25, -0.2) is 0 Å². The summed E-state index contributed by atoms with van der Waals surface area (Å²) in [5.74, 6) is 0.626. The van der Waals surface area contributed by atoms with E-state index in [0.717, 1.165) is 31.9 Å². The first-order valence-electron chi connectivity index (χ1n) is 11.7. The molecule has 1 fully saturated rings. The second-order valence-electron chi connectivity index (χ2n) is 8.45. The second-order valence-corrected chi connectivity index (χ2v) is 8.45. The van der Waals surface area contributed by atoms with Crippen LogP contribution >= 0.6 is 0 Å². The van der Waals surface area contributed by atoms with Crippen LogP contribution in [0.15, 0.2) is 47.6 Å². The molecule has 0 radical (unpaired) electrons. The first-order chi connectivity index (χ1) is 14.8. The van der Waals surface area contributed by atoms with Gasteiger partial charge in [-0.3, -0.25) is 9.98 Å². The van der Waals surface area contributed by atoms with E-state index in [4.69, 9.17) is 0 Å². The lowest BCUT2D eigenvalue weighted by atomic mass is 9.86. The van der Waals surface area contributed by atoms with Gasteiger partial charge in [-0.2, -0.15) is 0 Å². The van der Waals surface area contributed by atoms with Crippen LogP contribution in [-0.4, -0.2) is 37.4 Å². The summed E-state index contributed by atoms with van der Waals surface area (Å²) < 4.78 is 0. The van der Waals surface area contributed by atoms with Crippen LogP contribution in [0.2, 0.25) is 0 Å². The Morgan fingerprint density at radius 2 is 1.67 bits per heavy atom. The van der Waals surface area contributed by atoms with Gasteiger partial charge in [-0.15, -0.1) is 0 Å². The van der Waals surface area contributed by atoms with Crippen LogP contribution in [0.3, 0.4) is 0 Å². The maximum atomic E-state index is 4.62. The average molecular weight is 407 g/mol. The van der Waals surface area contributed by atoms with Crippen molar-refractivity contribution < 1.29 is 0 Å². The molecule has 30 heavy (non-hydrogen) atoms. The monoisotopic (exact) mass is 406 g/mol. The summed E-state index contributed by atoms with van der Waals surface area (Å²) in [5, 5.41) is 7.27. The Bertz CT molecular complexity index is 743. The third-order valence-corrected chi connectivity index (χ3v) is 5.98. The number of hydrogen-bond donors (Lipinski definition) is 2. The fraction of sp³-hybridized carbons (Fsp3) is 0.538. The third-order valence-electron chi connectivity index (χ3n) is 5.98. The smallest absolute Gasteiger partial charge is 0.0811 e. The number of aryl methyl sites for hydroxylation is 1. The molecule has 2 N–H and O–H groups in total. The summed E-state index contributed by atoms with van der Waals surface area (Å²) in [6, 6.07) is 12.8. The Kier molecular flexibility index (Phi) is 10.0. The van der Waals surface area contributed by atoms with Crippen LogP contribution < -0.4 is 10.6 Å². The predicted octanol–water partition coefficient (Wildman–Crippen LogP) is 5.02. The number of rotatable bonds is 4. The SMILES string of the molecule is Cc1ccc(C=NCc2ccccn2)cc1C1CCCNCCCCCNCCC1. The van der Waals surface area contributed by atoms with Gasteiger partial charge in [0, 0.05) is 12.4 Å². The molecule has 0 spiro atoms. The van der Waals surface area contributed by atoms with Crippen molar-refractivity contribution in [2.24, 2.45) is 4.99 Å². The fourth-order valence-corrected chi connectivity index (χ4v) is 4.24. The van der Waals surface area contributed by atoms with Crippen molar-refractivity contribution in [1.29, 1.82) is 0 Å². The largest absolute Gasteiger partial charge is 0.317 e. The summed E-state index contributed by atoms with van der Waals surface area (Å²) in [6.45, 7) is 7.48. The van der Waals surface area contributed by atoms with Crippen LogP contribution in [0.4, 0.5) is 0 Å². The van der Waals surface area contributed by atoms with Gasteiger partial charge < -0.3 is 10.6 Å². The van der Waals surface area contributed by atoms with Gasteiger partial charge in [0.2, 0.25) is 0 Å². The van der Waals surface area contributed by atoms with Gasteiger partial charge in [0.25, 0.3) is 0 Å². The lowest BCUT2D eigenvalue weighted by Crippen LogP contribution is -2.21. The van der Waals surface area contributed by atoms with Crippen molar-refractivity contribution in [3.8, 4) is 0 Å². The fourth-order valence-electron chi connectivity index (χ4n) is 4.24. The summed E-state index contributed by atoms with van der Waals surface area (Å²) in [4.78, 5) is 8.98. The molecule has 4 nitrogen and oxygen atoms in total. The first kappa shape index (κ1) is 22.6. The maximum Gasteiger partial charge on any atom is 0.0811 e. The normalized spacial score (nSPS) is 18.3. The Morgan fingerprint density at radius 1 is 0.933 bits per heavy atom. The standard InChI is InChI=1S/C26H38N4/c1-22-12-13-23(20-29-21-25-11-3-6-18-30-25)19-26(22)24-9-7-16-27-14-4-2-5-15-28-17-8-10-24/h3,6,11-13,18-20,24,27-28H,2,4-5,7-10,14-17,21H2,1H3. The molecule has 162 valence electrons. The number of aromatic nitrogens is 1. The zero-order valence-electron chi connectivity index (χ0n) is 18.6. The van der Waals surface area contributed by atoms with Gasteiger partial charge in [0.05, 0.1) is 12.2 Å². The molecule has 0 bridgehead atoms. The number of benzene rings is 1. The van der Waals surface area contributed by atoms with Crippen molar-refractivity contribution in [2.75, 3.05) is 26.2 Å². The van der Waals surface area contributed by atoms with E-state index in [1.165, 1.54) is 61.6 Å². The molecule has 1 saturated heterocycles. The molecule has 1 aromatic heterocycles. The van der Waals surface area contributed by atoms with Gasteiger partial charge in [0.15, 0.2) is 0 Å². The predicted molar refractivity (Wildman–Crippen MR) is 128 cm³/mol. The Balaban J connectivity index is 1.64. The van der Waals surface area contributed by atoms with E-state index in [0.29, 0.717) is 12.5 Å². The molecule has 0 atom stereocenters. The molecule has 2 aromatic rings.